The number of nitrogens with zero attached hydrogens (tertiary/aromatic N) is 2. The average Bonchev–Trinajstić information content (AvgIpc) is 2.52. The van der Waals surface area contributed by atoms with Gasteiger partial charge in [-0.3, -0.25) is 9.88 Å². The van der Waals surface area contributed by atoms with Gasteiger partial charge in [-0.15, -0.1) is 0 Å². The zero-order valence-corrected chi connectivity index (χ0v) is 16.3. The molecule has 1 aliphatic rings. The molecule has 0 saturated carbocycles. The Bertz CT molecular complexity index is 544. The van der Waals surface area contributed by atoms with Crippen LogP contribution < -0.4 is 5.32 Å². The quantitative estimate of drug-likeness (QED) is 0.883. The van der Waals surface area contributed by atoms with E-state index in [1.807, 2.05) is 33.2 Å². The molecule has 0 bridgehead atoms. The molecular weight excluding hydrogens is 314 g/mol. The fraction of sp³-hybridized carbons (Fsp3) is 0.700. The standard InChI is InChI=1S/C20H33N3O2/c1-19(2,3)25-18(24)22-15-17-8-12-23(13-9-17)20(4,5)14-16-6-10-21-11-7-16/h6-7,10-11,17H,8-9,12-15H2,1-5H3,(H,22,24). The second-order valence-corrected chi connectivity index (χ2v) is 8.66. The normalized spacial score (nSPS) is 17.3. The zero-order chi connectivity index (χ0) is 18.5. The Labute approximate surface area is 152 Å². The minimum atomic E-state index is -0.440. The first-order valence-electron chi connectivity index (χ1n) is 9.26. The van der Waals surface area contributed by atoms with Gasteiger partial charge in [0.05, 0.1) is 0 Å². The molecule has 140 valence electrons. The van der Waals surface area contributed by atoms with Crippen molar-refractivity contribution < 1.29 is 9.53 Å². The molecule has 1 saturated heterocycles. The van der Waals surface area contributed by atoms with Crippen LogP contribution in [0.4, 0.5) is 4.79 Å². The lowest BCUT2D eigenvalue weighted by atomic mass is 9.88. The molecule has 2 rings (SSSR count). The smallest absolute Gasteiger partial charge is 0.407 e. The van der Waals surface area contributed by atoms with Crippen LogP contribution in [0.15, 0.2) is 24.5 Å². The summed E-state index contributed by atoms with van der Waals surface area (Å²) < 4.78 is 5.30. The number of aromatic nitrogens is 1. The van der Waals surface area contributed by atoms with Gasteiger partial charge < -0.3 is 10.1 Å². The highest BCUT2D eigenvalue weighted by atomic mass is 16.6. The lowest BCUT2D eigenvalue weighted by molar-refractivity contribution is 0.0479. The number of piperidine rings is 1. The molecule has 1 aromatic rings. The van der Waals surface area contributed by atoms with Crippen LogP contribution in [0.25, 0.3) is 0 Å². The van der Waals surface area contributed by atoms with Crippen molar-refractivity contribution in [2.24, 2.45) is 5.92 Å². The average molecular weight is 348 g/mol. The van der Waals surface area contributed by atoms with E-state index in [1.54, 1.807) is 0 Å². The van der Waals surface area contributed by atoms with Crippen LogP contribution in [0.3, 0.4) is 0 Å². The predicted octanol–water partition coefficient (Wildman–Crippen LogP) is 3.64. The summed E-state index contributed by atoms with van der Waals surface area (Å²) in [5.74, 6) is 0.528. The van der Waals surface area contributed by atoms with Gasteiger partial charge in [0.25, 0.3) is 0 Å². The number of carbonyl (C=O) groups is 1. The van der Waals surface area contributed by atoms with Gasteiger partial charge in [-0.2, -0.15) is 0 Å². The van der Waals surface area contributed by atoms with Crippen LogP contribution in [0.5, 0.6) is 0 Å². The summed E-state index contributed by atoms with van der Waals surface area (Å²) in [4.78, 5) is 18.4. The number of carbonyl (C=O) groups excluding carboxylic acids is 1. The minimum absolute atomic E-state index is 0.130. The number of alkyl carbamates (subject to hydrolysis) is 1. The Morgan fingerprint density at radius 1 is 1.20 bits per heavy atom. The van der Waals surface area contributed by atoms with E-state index < -0.39 is 5.60 Å². The first-order valence-corrected chi connectivity index (χ1v) is 9.26. The Balaban J connectivity index is 1.76. The van der Waals surface area contributed by atoms with Gasteiger partial charge in [0.2, 0.25) is 0 Å². The summed E-state index contributed by atoms with van der Waals surface area (Å²) in [5, 5.41) is 2.92. The molecule has 0 radical (unpaired) electrons. The number of nitrogens with one attached hydrogen (secondary N) is 1. The minimum Gasteiger partial charge on any atom is -0.444 e. The highest BCUT2D eigenvalue weighted by Gasteiger charge is 2.31. The first kappa shape index (κ1) is 19.7. The van der Waals surface area contributed by atoms with Gasteiger partial charge >= 0.3 is 6.09 Å². The van der Waals surface area contributed by atoms with E-state index in [2.05, 4.69) is 41.2 Å². The molecule has 5 nitrogen and oxygen atoms in total. The van der Waals surface area contributed by atoms with Crippen molar-refractivity contribution in [1.29, 1.82) is 0 Å². The molecule has 0 atom stereocenters. The highest BCUT2D eigenvalue weighted by molar-refractivity contribution is 5.67. The third kappa shape index (κ3) is 6.65. The lowest BCUT2D eigenvalue weighted by Gasteiger charge is -2.43. The van der Waals surface area contributed by atoms with Crippen molar-refractivity contribution in [2.45, 2.75) is 65.0 Å². The van der Waals surface area contributed by atoms with Crippen LogP contribution in [-0.4, -0.2) is 46.8 Å². The third-order valence-corrected chi connectivity index (χ3v) is 4.79. The summed E-state index contributed by atoms with van der Waals surface area (Å²) in [6, 6.07) is 4.19. The Hall–Kier alpha value is -1.62. The van der Waals surface area contributed by atoms with Gasteiger partial charge in [-0.25, -0.2) is 4.79 Å². The van der Waals surface area contributed by atoms with E-state index in [0.29, 0.717) is 12.5 Å². The van der Waals surface area contributed by atoms with E-state index in [9.17, 15) is 4.79 Å². The van der Waals surface area contributed by atoms with Crippen molar-refractivity contribution >= 4 is 6.09 Å². The maximum absolute atomic E-state index is 11.8. The topological polar surface area (TPSA) is 54.5 Å². The Morgan fingerprint density at radius 3 is 2.36 bits per heavy atom. The molecule has 5 heteroatoms. The molecule has 2 heterocycles. The van der Waals surface area contributed by atoms with Crippen molar-refractivity contribution in [2.75, 3.05) is 19.6 Å². The second kappa shape index (κ2) is 8.17. The van der Waals surface area contributed by atoms with Crippen molar-refractivity contribution in [3.05, 3.63) is 30.1 Å². The zero-order valence-electron chi connectivity index (χ0n) is 16.3. The van der Waals surface area contributed by atoms with Gasteiger partial charge in [0.1, 0.15) is 5.60 Å². The second-order valence-electron chi connectivity index (χ2n) is 8.66. The predicted molar refractivity (Wildman–Crippen MR) is 101 cm³/mol. The molecule has 1 fully saturated rings. The van der Waals surface area contributed by atoms with Gasteiger partial charge in [-0.1, -0.05) is 0 Å². The van der Waals surface area contributed by atoms with E-state index in [1.165, 1.54) is 5.56 Å². The molecule has 1 amide bonds. The number of hydrogen-bond acceptors (Lipinski definition) is 4. The molecule has 0 unspecified atom stereocenters. The summed E-state index contributed by atoms with van der Waals surface area (Å²) in [6.07, 6.45) is 6.65. The van der Waals surface area contributed by atoms with E-state index in [-0.39, 0.29) is 11.6 Å². The highest BCUT2D eigenvalue weighted by Crippen LogP contribution is 2.26. The SMILES string of the molecule is CC(C)(C)OC(=O)NCC1CCN(C(C)(C)Cc2ccncc2)CC1. The number of rotatable bonds is 5. The first-order chi connectivity index (χ1) is 11.7. The Morgan fingerprint density at radius 2 is 1.80 bits per heavy atom. The fourth-order valence-corrected chi connectivity index (χ4v) is 3.40. The number of pyridine rings is 1. The monoisotopic (exact) mass is 347 g/mol. The van der Waals surface area contributed by atoms with Crippen molar-refractivity contribution in [3.63, 3.8) is 0 Å². The van der Waals surface area contributed by atoms with Crippen LogP contribution in [0.2, 0.25) is 0 Å². The molecule has 1 N–H and O–H groups in total. The van der Waals surface area contributed by atoms with Gasteiger partial charge in [-0.05, 0) is 90.6 Å². The fourth-order valence-electron chi connectivity index (χ4n) is 3.40. The number of likely N-dealkylation sites (tertiary alicyclic amines) is 1. The summed E-state index contributed by atoms with van der Waals surface area (Å²) >= 11 is 0. The van der Waals surface area contributed by atoms with Crippen LogP contribution in [0.1, 0.15) is 53.0 Å². The molecule has 1 aliphatic heterocycles. The number of hydrogen-bond donors (Lipinski definition) is 1. The van der Waals surface area contributed by atoms with E-state index in [0.717, 1.165) is 32.4 Å². The third-order valence-electron chi connectivity index (χ3n) is 4.79. The molecule has 0 aliphatic carbocycles. The molecule has 25 heavy (non-hydrogen) atoms. The summed E-state index contributed by atoms with van der Waals surface area (Å²) in [6.45, 7) is 13.1. The van der Waals surface area contributed by atoms with Gasteiger partial charge in [0.15, 0.2) is 0 Å². The lowest BCUT2D eigenvalue weighted by Crippen LogP contribution is -2.50. The van der Waals surface area contributed by atoms with Gasteiger partial charge in [0, 0.05) is 24.5 Å². The molecular formula is C20H33N3O2. The number of ether oxygens (including phenoxy) is 1. The van der Waals surface area contributed by atoms with E-state index in [4.69, 9.17) is 4.74 Å². The maximum Gasteiger partial charge on any atom is 0.407 e. The van der Waals surface area contributed by atoms with Crippen LogP contribution in [0, 0.1) is 5.92 Å². The summed E-state index contributed by atoms with van der Waals surface area (Å²) in [7, 11) is 0. The van der Waals surface area contributed by atoms with Crippen LogP contribution in [-0.2, 0) is 11.2 Å². The molecule has 1 aromatic heterocycles. The van der Waals surface area contributed by atoms with Crippen LogP contribution >= 0.6 is 0 Å². The number of amides is 1. The maximum atomic E-state index is 11.8. The molecule has 0 aromatic carbocycles. The van der Waals surface area contributed by atoms with Crippen molar-refractivity contribution in [1.82, 2.24) is 15.2 Å². The largest absolute Gasteiger partial charge is 0.444 e. The molecule has 0 spiro atoms. The van der Waals surface area contributed by atoms with Crippen molar-refractivity contribution in [3.8, 4) is 0 Å². The Kier molecular flexibility index (Phi) is 6.44. The summed E-state index contributed by atoms with van der Waals surface area (Å²) in [5.41, 5.74) is 1.02. The van der Waals surface area contributed by atoms with E-state index >= 15 is 0 Å².